The third-order valence-corrected chi connectivity index (χ3v) is 2.63. The van der Waals surface area contributed by atoms with Crippen LogP contribution >= 0.6 is 0 Å². The summed E-state index contributed by atoms with van der Waals surface area (Å²) >= 11 is 0. The van der Waals surface area contributed by atoms with Crippen LogP contribution in [0.1, 0.15) is 13.3 Å². The lowest BCUT2D eigenvalue weighted by atomic mass is 10.2. The zero-order valence-electron chi connectivity index (χ0n) is 10.3. The van der Waals surface area contributed by atoms with E-state index in [9.17, 15) is 20.2 Å². The average molecular weight is 279 g/mol. The fraction of sp³-hybridized carbons (Fsp3) is 0.300. The molecule has 0 aromatic carbocycles. The van der Waals surface area contributed by atoms with E-state index in [1.807, 2.05) is 0 Å². The number of ether oxygens (including phenoxy) is 1. The fourth-order valence-corrected chi connectivity index (χ4v) is 1.54. The predicted octanol–water partition coefficient (Wildman–Crippen LogP) is 2.36. The molecule has 0 saturated carbocycles. The maximum absolute atomic E-state index is 11.0. The van der Waals surface area contributed by atoms with Crippen LogP contribution in [-0.4, -0.2) is 20.6 Å². The Morgan fingerprint density at radius 2 is 2.10 bits per heavy atom. The van der Waals surface area contributed by atoms with Crippen molar-refractivity contribution in [2.75, 3.05) is 0 Å². The van der Waals surface area contributed by atoms with Gasteiger partial charge >= 0.3 is 5.69 Å². The summed E-state index contributed by atoms with van der Waals surface area (Å²) < 4.78 is 5.42. The molecule has 1 aliphatic rings. The standard InChI is InChI=1S/C10H9N5O5/c1-2-10(3-4-12-13-10)20-9-8(15(18)19)5-7(6-11-9)14(16)17/h3-6H,2H2,1H3. The zero-order valence-corrected chi connectivity index (χ0v) is 10.3. The largest absolute Gasteiger partial charge is 0.439 e. The Bertz CT molecular complexity index is 614. The van der Waals surface area contributed by atoms with Gasteiger partial charge in [0.1, 0.15) is 12.3 Å². The smallest absolute Gasteiger partial charge is 0.337 e. The zero-order chi connectivity index (χ0) is 14.8. The van der Waals surface area contributed by atoms with Crippen LogP contribution < -0.4 is 4.74 Å². The Labute approximate surface area is 112 Å². The summed E-state index contributed by atoms with van der Waals surface area (Å²) in [5.41, 5.74) is -2.24. The van der Waals surface area contributed by atoms with Crippen molar-refractivity contribution in [3.63, 3.8) is 0 Å². The molecular formula is C10H9N5O5. The molecule has 1 atom stereocenters. The molecule has 104 valence electrons. The maximum atomic E-state index is 11.0. The molecule has 10 nitrogen and oxygen atoms in total. The highest BCUT2D eigenvalue weighted by atomic mass is 16.6. The molecule has 0 spiro atoms. The quantitative estimate of drug-likeness (QED) is 0.599. The molecule has 0 amide bonds. The third-order valence-electron chi connectivity index (χ3n) is 2.63. The van der Waals surface area contributed by atoms with Crippen molar-refractivity contribution in [2.45, 2.75) is 19.1 Å². The number of nitro groups is 2. The van der Waals surface area contributed by atoms with E-state index in [1.54, 1.807) is 6.92 Å². The summed E-state index contributed by atoms with van der Waals surface area (Å²) in [5.74, 6) is -0.340. The number of rotatable bonds is 5. The van der Waals surface area contributed by atoms with E-state index in [0.29, 0.717) is 6.42 Å². The first kappa shape index (κ1) is 13.5. The lowest BCUT2D eigenvalue weighted by Crippen LogP contribution is -2.29. The summed E-state index contributed by atoms with van der Waals surface area (Å²) in [6.07, 6.45) is 4.20. The van der Waals surface area contributed by atoms with Crippen LogP contribution in [0.15, 0.2) is 34.8 Å². The van der Waals surface area contributed by atoms with Gasteiger partial charge in [-0.05, 0) is 0 Å². The minimum Gasteiger partial charge on any atom is -0.439 e. The SMILES string of the molecule is CCC1(Oc2ncc([N+](=O)[O-])cc2[N+](=O)[O-])C=CN=N1. The Balaban J connectivity index is 2.41. The number of aromatic nitrogens is 1. The highest BCUT2D eigenvalue weighted by Crippen LogP contribution is 2.34. The van der Waals surface area contributed by atoms with Crippen LogP contribution in [0, 0.1) is 20.2 Å². The van der Waals surface area contributed by atoms with Crippen molar-refractivity contribution in [1.82, 2.24) is 4.98 Å². The van der Waals surface area contributed by atoms with E-state index in [0.717, 1.165) is 12.3 Å². The van der Waals surface area contributed by atoms with Crippen LogP contribution in [0.2, 0.25) is 0 Å². The first-order valence-corrected chi connectivity index (χ1v) is 5.55. The van der Waals surface area contributed by atoms with E-state index >= 15 is 0 Å². The minimum atomic E-state index is -1.16. The lowest BCUT2D eigenvalue weighted by Gasteiger charge is -2.21. The number of nitrogens with zero attached hydrogens (tertiary/aromatic N) is 5. The third kappa shape index (κ3) is 2.43. The van der Waals surface area contributed by atoms with Gasteiger partial charge in [0.15, 0.2) is 0 Å². The minimum absolute atomic E-state index is 0.340. The van der Waals surface area contributed by atoms with Crippen molar-refractivity contribution in [2.24, 2.45) is 10.2 Å². The van der Waals surface area contributed by atoms with E-state index in [1.165, 1.54) is 12.3 Å². The lowest BCUT2D eigenvalue weighted by molar-refractivity contribution is -0.395. The van der Waals surface area contributed by atoms with E-state index in [-0.39, 0.29) is 5.88 Å². The molecular weight excluding hydrogens is 270 g/mol. The van der Waals surface area contributed by atoms with Crippen molar-refractivity contribution in [3.05, 3.63) is 44.8 Å². The van der Waals surface area contributed by atoms with Crippen molar-refractivity contribution >= 4 is 11.4 Å². The van der Waals surface area contributed by atoms with Gasteiger partial charge < -0.3 is 4.74 Å². The number of hydrogen-bond acceptors (Lipinski definition) is 8. The van der Waals surface area contributed by atoms with Gasteiger partial charge in [-0.15, -0.1) is 5.11 Å². The monoisotopic (exact) mass is 279 g/mol. The topological polar surface area (TPSA) is 133 Å². The maximum Gasteiger partial charge on any atom is 0.337 e. The first-order valence-electron chi connectivity index (χ1n) is 5.55. The van der Waals surface area contributed by atoms with Gasteiger partial charge in [-0.25, -0.2) is 4.98 Å². The first-order chi connectivity index (χ1) is 9.47. The highest BCUT2D eigenvalue weighted by Gasteiger charge is 2.34. The molecule has 1 unspecified atom stereocenters. The van der Waals surface area contributed by atoms with Crippen molar-refractivity contribution < 1.29 is 14.6 Å². The molecule has 0 saturated heterocycles. The molecule has 1 aliphatic heterocycles. The van der Waals surface area contributed by atoms with Crippen LogP contribution in [0.3, 0.4) is 0 Å². The molecule has 1 aromatic heterocycles. The molecule has 0 aliphatic carbocycles. The normalized spacial score (nSPS) is 20.1. The van der Waals surface area contributed by atoms with Gasteiger partial charge in [0, 0.05) is 12.5 Å². The molecule has 2 heterocycles. The van der Waals surface area contributed by atoms with Gasteiger partial charge in [-0.1, -0.05) is 6.92 Å². The summed E-state index contributed by atoms with van der Waals surface area (Å²) in [6.45, 7) is 1.76. The van der Waals surface area contributed by atoms with Crippen LogP contribution in [0.5, 0.6) is 5.88 Å². The summed E-state index contributed by atoms with van der Waals surface area (Å²) in [5, 5.41) is 29.0. The molecule has 0 N–H and O–H groups in total. The van der Waals surface area contributed by atoms with Gasteiger partial charge in [-0.3, -0.25) is 20.2 Å². The summed E-state index contributed by atoms with van der Waals surface area (Å²) in [4.78, 5) is 23.6. The summed E-state index contributed by atoms with van der Waals surface area (Å²) in [7, 11) is 0. The summed E-state index contributed by atoms with van der Waals surface area (Å²) in [6, 6.07) is 0.793. The van der Waals surface area contributed by atoms with Crippen LogP contribution in [0.4, 0.5) is 11.4 Å². The molecule has 10 heteroatoms. The number of azo groups is 1. The number of hydrogen-bond donors (Lipinski definition) is 0. The Morgan fingerprint density at radius 1 is 1.35 bits per heavy atom. The highest BCUT2D eigenvalue weighted by molar-refractivity contribution is 5.48. The van der Waals surface area contributed by atoms with Gasteiger partial charge in [-0.2, -0.15) is 5.11 Å². The molecule has 1 aromatic rings. The second kappa shape index (κ2) is 4.99. The second-order valence-corrected chi connectivity index (χ2v) is 3.86. The fourth-order valence-electron chi connectivity index (χ4n) is 1.54. The second-order valence-electron chi connectivity index (χ2n) is 3.86. The van der Waals surface area contributed by atoms with Gasteiger partial charge in [0.05, 0.1) is 16.0 Å². The van der Waals surface area contributed by atoms with E-state index in [4.69, 9.17) is 4.74 Å². The van der Waals surface area contributed by atoms with Gasteiger partial charge in [0.2, 0.25) is 5.72 Å². The van der Waals surface area contributed by atoms with Crippen LogP contribution in [-0.2, 0) is 0 Å². The Hall–Kier alpha value is -2.91. The van der Waals surface area contributed by atoms with Crippen molar-refractivity contribution in [3.8, 4) is 5.88 Å². The van der Waals surface area contributed by atoms with E-state index < -0.39 is 26.9 Å². The predicted molar refractivity (Wildman–Crippen MR) is 65.2 cm³/mol. The van der Waals surface area contributed by atoms with Crippen molar-refractivity contribution in [1.29, 1.82) is 0 Å². The molecule has 0 radical (unpaired) electrons. The Kier molecular flexibility index (Phi) is 3.37. The Morgan fingerprint density at radius 3 is 2.60 bits per heavy atom. The molecule has 2 rings (SSSR count). The van der Waals surface area contributed by atoms with Crippen LogP contribution in [0.25, 0.3) is 0 Å². The molecule has 0 fully saturated rings. The van der Waals surface area contributed by atoms with E-state index in [2.05, 4.69) is 15.2 Å². The van der Waals surface area contributed by atoms with Gasteiger partial charge in [0.25, 0.3) is 11.6 Å². The molecule has 0 bridgehead atoms. The molecule has 20 heavy (non-hydrogen) atoms. The average Bonchev–Trinajstić information content (AvgIpc) is 2.88. The number of pyridine rings is 1.